The van der Waals surface area contributed by atoms with E-state index >= 15 is 0 Å². The topological polar surface area (TPSA) is 87.5 Å². The van der Waals surface area contributed by atoms with Crippen LogP contribution in [0.15, 0.2) is 0 Å². The number of carbonyl (C=O) groups excluding carboxylic acids is 2. The molecule has 1 heterocycles. The zero-order valence-corrected chi connectivity index (χ0v) is 12.7. The van der Waals surface area contributed by atoms with Gasteiger partial charge in [-0.15, -0.1) is 0 Å². The summed E-state index contributed by atoms with van der Waals surface area (Å²) < 4.78 is 0. The summed E-state index contributed by atoms with van der Waals surface area (Å²) in [4.78, 5) is 25.5. The zero-order chi connectivity index (χ0) is 15.0. The van der Waals surface area contributed by atoms with Gasteiger partial charge in [-0.1, -0.05) is 19.8 Å². The van der Waals surface area contributed by atoms with Crippen LogP contribution >= 0.6 is 0 Å². The molecule has 6 nitrogen and oxygen atoms in total. The maximum Gasteiger partial charge on any atom is 0.312 e. The Morgan fingerprint density at radius 2 is 2.20 bits per heavy atom. The first-order valence-corrected chi connectivity index (χ1v) is 7.57. The fraction of sp³-hybridized carbons (Fsp3) is 0.857. The molecule has 0 radical (unpaired) electrons. The molecule has 2 atom stereocenters. The van der Waals surface area contributed by atoms with Gasteiger partial charge < -0.3 is 21.3 Å². The van der Waals surface area contributed by atoms with Crippen LogP contribution in [0.5, 0.6) is 0 Å². The van der Waals surface area contributed by atoms with Gasteiger partial charge in [-0.25, -0.2) is 4.79 Å². The fourth-order valence-corrected chi connectivity index (χ4v) is 2.78. The van der Waals surface area contributed by atoms with E-state index in [0.29, 0.717) is 12.3 Å². The maximum absolute atomic E-state index is 12.5. The molecule has 1 saturated heterocycles. The molecule has 0 bridgehead atoms. The highest BCUT2D eigenvalue weighted by atomic mass is 16.2. The molecule has 3 amide bonds. The lowest BCUT2D eigenvalue weighted by atomic mass is 9.97. The molecule has 0 aromatic carbocycles. The van der Waals surface area contributed by atoms with Crippen LogP contribution in [0.2, 0.25) is 0 Å². The summed E-state index contributed by atoms with van der Waals surface area (Å²) in [5, 5.41) is 5.76. The highest BCUT2D eigenvalue weighted by Crippen LogP contribution is 2.17. The number of rotatable bonds is 7. The molecule has 0 aromatic rings. The van der Waals surface area contributed by atoms with Crippen LogP contribution in [-0.4, -0.2) is 49.6 Å². The Morgan fingerprint density at radius 1 is 1.45 bits per heavy atom. The van der Waals surface area contributed by atoms with Crippen molar-refractivity contribution in [2.75, 3.05) is 26.7 Å². The Kier molecular flexibility index (Phi) is 7.36. The van der Waals surface area contributed by atoms with Gasteiger partial charge in [0.1, 0.15) is 6.04 Å². The van der Waals surface area contributed by atoms with Gasteiger partial charge >= 0.3 is 6.03 Å². The highest BCUT2D eigenvalue weighted by molar-refractivity contribution is 5.86. The van der Waals surface area contributed by atoms with Crippen LogP contribution in [0.25, 0.3) is 0 Å². The second-order valence-corrected chi connectivity index (χ2v) is 5.55. The minimum Gasteiger partial charge on any atom is -0.352 e. The Morgan fingerprint density at radius 3 is 2.80 bits per heavy atom. The Hall–Kier alpha value is -1.30. The molecular weight excluding hydrogens is 256 g/mol. The zero-order valence-electron chi connectivity index (χ0n) is 12.7. The van der Waals surface area contributed by atoms with Gasteiger partial charge in [0.25, 0.3) is 0 Å². The smallest absolute Gasteiger partial charge is 0.312 e. The predicted molar refractivity (Wildman–Crippen MR) is 79.3 cm³/mol. The van der Waals surface area contributed by atoms with Crippen molar-refractivity contribution < 1.29 is 9.59 Å². The minimum absolute atomic E-state index is 0.0121. The molecule has 116 valence electrons. The maximum atomic E-state index is 12.5. The predicted octanol–water partition coefficient (Wildman–Crippen LogP) is 0.672. The van der Waals surface area contributed by atoms with Crippen molar-refractivity contribution in [2.24, 2.45) is 11.7 Å². The molecule has 6 heteroatoms. The summed E-state index contributed by atoms with van der Waals surface area (Å²) >= 11 is 0. The number of hydrogen-bond acceptors (Lipinski definition) is 3. The normalized spacial score (nSPS) is 20.5. The lowest BCUT2D eigenvalue weighted by Crippen LogP contribution is -2.53. The molecule has 2 unspecified atom stereocenters. The highest BCUT2D eigenvalue weighted by Gasteiger charge is 2.28. The van der Waals surface area contributed by atoms with Crippen LogP contribution in [0.3, 0.4) is 0 Å². The Labute approximate surface area is 121 Å². The van der Waals surface area contributed by atoms with Crippen molar-refractivity contribution in [3.8, 4) is 0 Å². The van der Waals surface area contributed by atoms with Crippen LogP contribution in [-0.2, 0) is 4.79 Å². The van der Waals surface area contributed by atoms with Gasteiger partial charge in [0.2, 0.25) is 5.91 Å². The summed E-state index contributed by atoms with van der Waals surface area (Å²) in [7, 11) is 1.93. The average molecular weight is 284 g/mol. The quantitative estimate of drug-likeness (QED) is 0.642. The number of unbranched alkanes of at least 4 members (excludes halogenated alkanes) is 1. The summed E-state index contributed by atoms with van der Waals surface area (Å²) in [6.45, 7) is 4.53. The molecular formula is C14H28N4O2. The van der Waals surface area contributed by atoms with E-state index in [1.165, 1.54) is 0 Å². The minimum atomic E-state index is -0.622. The third-order valence-electron chi connectivity index (χ3n) is 3.78. The number of nitrogens with two attached hydrogens (primary N) is 1. The van der Waals surface area contributed by atoms with Crippen LogP contribution in [0, 0.1) is 5.92 Å². The first kappa shape index (κ1) is 16.8. The SMILES string of the molecule is CCCCC(NC(N)=O)C(=O)N1CCCC(CNC)C1. The standard InChI is InChI=1S/C14H28N4O2/c1-3-4-7-12(17-14(15)20)13(19)18-8-5-6-11(10-18)9-16-2/h11-12,16H,3-10H2,1-2H3,(H3,15,17,20). The molecule has 20 heavy (non-hydrogen) atoms. The van der Waals surface area contributed by atoms with Gasteiger partial charge in [-0.2, -0.15) is 0 Å². The third-order valence-corrected chi connectivity index (χ3v) is 3.78. The summed E-state index contributed by atoms with van der Waals surface area (Å²) in [6.07, 6.45) is 4.73. The number of piperidine rings is 1. The van der Waals surface area contributed by atoms with E-state index in [1.54, 1.807) is 0 Å². The van der Waals surface area contributed by atoms with E-state index in [-0.39, 0.29) is 5.91 Å². The molecule has 0 aliphatic carbocycles. The summed E-state index contributed by atoms with van der Waals surface area (Å²) in [5.41, 5.74) is 5.18. The largest absolute Gasteiger partial charge is 0.352 e. The lowest BCUT2D eigenvalue weighted by Gasteiger charge is -2.35. The number of likely N-dealkylation sites (tertiary alicyclic amines) is 1. The lowest BCUT2D eigenvalue weighted by molar-refractivity contribution is -0.135. The van der Waals surface area contributed by atoms with E-state index in [9.17, 15) is 9.59 Å². The average Bonchev–Trinajstić information content (AvgIpc) is 2.43. The van der Waals surface area contributed by atoms with Crippen molar-refractivity contribution in [1.82, 2.24) is 15.5 Å². The van der Waals surface area contributed by atoms with Gasteiger partial charge in [0.15, 0.2) is 0 Å². The molecule has 0 saturated carbocycles. The Balaban J connectivity index is 2.59. The number of amides is 3. The molecule has 1 aliphatic rings. The van der Waals surface area contributed by atoms with Crippen molar-refractivity contribution in [2.45, 2.75) is 45.1 Å². The first-order chi connectivity index (χ1) is 9.58. The van der Waals surface area contributed by atoms with Crippen LogP contribution < -0.4 is 16.4 Å². The molecule has 1 fully saturated rings. The molecule has 0 aromatic heterocycles. The van der Waals surface area contributed by atoms with E-state index < -0.39 is 12.1 Å². The van der Waals surface area contributed by atoms with Crippen molar-refractivity contribution >= 4 is 11.9 Å². The molecule has 1 aliphatic heterocycles. The fourth-order valence-electron chi connectivity index (χ4n) is 2.78. The third kappa shape index (κ3) is 5.36. The van der Waals surface area contributed by atoms with E-state index in [2.05, 4.69) is 17.6 Å². The number of hydrogen-bond donors (Lipinski definition) is 3. The summed E-state index contributed by atoms with van der Waals surface area (Å²) in [6, 6.07) is -1.09. The van der Waals surface area contributed by atoms with E-state index in [4.69, 9.17) is 5.73 Å². The van der Waals surface area contributed by atoms with Crippen molar-refractivity contribution in [3.63, 3.8) is 0 Å². The monoisotopic (exact) mass is 284 g/mol. The number of nitrogens with one attached hydrogen (secondary N) is 2. The number of nitrogens with zero attached hydrogens (tertiary/aromatic N) is 1. The van der Waals surface area contributed by atoms with Crippen LogP contribution in [0.4, 0.5) is 4.79 Å². The number of carbonyl (C=O) groups is 2. The second kappa shape index (κ2) is 8.79. The number of primary amides is 1. The van der Waals surface area contributed by atoms with Gasteiger partial charge in [0.05, 0.1) is 0 Å². The first-order valence-electron chi connectivity index (χ1n) is 7.57. The Bertz CT molecular complexity index is 320. The second-order valence-electron chi connectivity index (χ2n) is 5.55. The molecule has 4 N–H and O–H groups in total. The van der Waals surface area contributed by atoms with Crippen LogP contribution in [0.1, 0.15) is 39.0 Å². The molecule has 1 rings (SSSR count). The van der Waals surface area contributed by atoms with E-state index in [1.807, 2.05) is 11.9 Å². The van der Waals surface area contributed by atoms with Gasteiger partial charge in [0, 0.05) is 13.1 Å². The van der Waals surface area contributed by atoms with Gasteiger partial charge in [-0.3, -0.25) is 4.79 Å². The van der Waals surface area contributed by atoms with Crippen molar-refractivity contribution in [1.29, 1.82) is 0 Å². The van der Waals surface area contributed by atoms with Gasteiger partial charge in [-0.05, 0) is 38.8 Å². The van der Waals surface area contributed by atoms with E-state index in [0.717, 1.165) is 45.3 Å². The molecule has 0 spiro atoms. The van der Waals surface area contributed by atoms with Crippen molar-refractivity contribution in [3.05, 3.63) is 0 Å². The number of urea groups is 1. The summed E-state index contributed by atoms with van der Waals surface area (Å²) in [5.74, 6) is 0.510.